The molecule has 2 rings (SSSR count). The molecule has 1 heterocycles. The summed E-state index contributed by atoms with van der Waals surface area (Å²) in [6.45, 7) is 10.6. The quantitative estimate of drug-likeness (QED) is 0.692. The van der Waals surface area contributed by atoms with Crippen LogP contribution in [-0.2, 0) is 10.2 Å². The lowest BCUT2D eigenvalue weighted by Crippen LogP contribution is -2.50. The monoisotopic (exact) mass is 315 g/mol. The average molecular weight is 315 g/mol. The molecule has 1 saturated carbocycles. The minimum absolute atomic E-state index is 0.196. The van der Waals surface area contributed by atoms with Crippen LogP contribution in [0.1, 0.15) is 39.5 Å². The summed E-state index contributed by atoms with van der Waals surface area (Å²) in [7, 11) is -3.33. The zero-order valence-corrected chi connectivity index (χ0v) is 14.1. The first-order valence-corrected chi connectivity index (χ1v) is 9.46. The van der Waals surface area contributed by atoms with Crippen molar-refractivity contribution in [2.45, 2.75) is 51.6 Å². The van der Waals surface area contributed by atoms with Gasteiger partial charge in [0.05, 0.1) is 0 Å². The van der Waals surface area contributed by atoms with Crippen molar-refractivity contribution in [3.63, 3.8) is 0 Å². The fourth-order valence-electron chi connectivity index (χ4n) is 2.88. The van der Waals surface area contributed by atoms with E-state index in [4.69, 9.17) is 0 Å². The number of nitrogens with one attached hydrogen (secondary N) is 1. The molecule has 1 unspecified atom stereocenters. The summed E-state index contributed by atoms with van der Waals surface area (Å²) in [5, 5.41) is 3.43. The Balaban J connectivity index is 1.99. The molecule has 1 saturated heterocycles. The standard InChI is InChI=1S/C15H29N3O2S/c1-4-9-18(15-7-8-15)21(19,20)17-10-5-6-14(12-17)11-16-13(2)3/h4,13-16H,1,5-12H2,2-3H3. The first-order valence-electron chi connectivity index (χ1n) is 8.06. The van der Waals surface area contributed by atoms with E-state index in [-0.39, 0.29) is 6.04 Å². The van der Waals surface area contributed by atoms with Gasteiger partial charge in [-0.05, 0) is 38.1 Å². The van der Waals surface area contributed by atoms with Crippen molar-refractivity contribution in [2.24, 2.45) is 5.92 Å². The molecule has 1 aliphatic heterocycles. The van der Waals surface area contributed by atoms with E-state index >= 15 is 0 Å². The van der Waals surface area contributed by atoms with Gasteiger partial charge >= 0.3 is 0 Å². The Morgan fingerprint density at radius 3 is 2.67 bits per heavy atom. The lowest BCUT2D eigenvalue weighted by atomic mass is 9.99. The van der Waals surface area contributed by atoms with Crippen LogP contribution in [0, 0.1) is 5.92 Å². The van der Waals surface area contributed by atoms with Crippen molar-refractivity contribution in [2.75, 3.05) is 26.2 Å². The molecule has 0 bridgehead atoms. The minimum atomic E-state index is -3.33. The van der Waals surface area contributed by atoms with Gasteiger partial charge in [-0.3, -0.25) is 0 Å². The number of rotatable bonds is 8. The highest BCUT2D eigenvalue weighted by molar-refractivity contribution is 7.86. The van der Waals surface area contributed by atoms with Crippen molar-refractivity contribution < 1.29 is 8.42 Å². The van der Waals surface area contributed by atoms with Gasteiger partial charge in [0.15, 0.2) is 0 Å². The normalized spacial score (nSPS) is 24.7. The van der Waals surface area contributed by atoms with E-state index in [0.29, 0.717) is 31.6 Å². The summed E-state index contributed by atoms with van der Waals surface area (Å²) in [5.74, 6) is 0.417. The molecule has 21 heavy (non-hydrogen) atoms. The van der Waals surface area contributed by atoms with Crippen molar-refractivity contribution in [3.05, 3.63) is 12.7 Å². The maximum absolute atomic E-state index is 12.8. The second-order valence-electron chi connectivity index (χ2n) is 6.53. The Morgan fingerprint density at radius 1 is 1.38 bits per heavy atom. The van der Waals surface area contributed by atoms with Crippen LogP contribution in [0.5, 0.6) is 0 Å². The molecule has 5 nitrogen and oxygen atoms in total. The zero-order chi connectivity index (χ0) is 15.5. The summed E-state index contributed by atoms with van der Waals surface area (Å²) >= 11 is 0. The third kappa shape index (κ3) is 4.52. The van der Waals surface area contributed by atoms with Crippen LogP contribution < -0.4 is 5.32 Å². The number of hydrogen-bond donors (Lipinski definition) is 1. The van der Waals surface area contributed by atoms with Crippen LogP contribution in [0.15, 0.2) is 12.7 Å². The molecule has 0 amide bonds. The van der Waals surface area contributed by atoms with Gasteiger partial charge in [-0.1, -0.05) is 19.9 Å². The summed E-state index contributed by atoms with van der Waals surface area (Å²) in [6.07, 6.45) is 5.73. The highest BCUT2D eigenvalue weighted by atomic mass is 32.2. The summed E-state index contributed by atoms with van der Waals surface area (Å²) in [5.41, 5.74) is 0. The van der Waals surface area contributed by atoms with Crippen molar-refractivity contribution in [1.29, 1.82) is 0 Å². The second kappa shape index (κ2) is 7.22. The third-order valence-corrected chi connectivity index (χ3v) is 6.21. The Morgan fingerprint density at radius 2 is 2.10 bits per heavy atom. The van der Waals surface area contributed by atoms with Gasteiger partial charge in [-0.25, -0.2) is 0 Å². The summed E-state index contributed by atoms with van der Waals surface area (Å²) in [4.78, 5) is 0. The SMILES string of the molecule is C=CCN(C1CC1)S(=O)(=O)N1CCCC(CNC(C)C)C1. The van der Waals surface area contributed by atoms with Crippen LogP contribution in [0.2, 0.25) is 0 Å². The molecule has 0 aromatic rings. The van der Waals surface area contributed by atoms with Crippen molar-refractivity contribution >= 4 is 10.2 Å². The van der Waals surface area contributed by atoms with E-state index in [1.165, 1.54) is 0 Å². The Kier molecular flexibility index (Phi) is 5.82. The molecule has 2 fully saturated rings. The van der Waals surface area contributed by atoms with Crippen molar-refractivity contribution in [1.82, 2.24) is 13.9 Å². The molecule has 1 atom stereocenters. The van der Waals surface area contributed by atoms with Crippen molar-refractivity contribution in [3.8, 4) is 0 Å². The van der Waals surface area contributed by atoms with Crippen LogP contribution in [0.25, 0.3) is 0 Å². The Hall–Kier alpha value is -0.430. The molecule has 1 N–H and O–H groups in total. The van der Waals surface area contributed by atoms with Crippen LogP contribution >= 0.6 is 0 Å². The molecule has 0 radical (unpaired) electrons. The highest BCUT2D eigenvalue weighted by Gasteiger charge is 2.40. The van der Waals surface area contributed by atoms with Gasteiger partial charge in [0.2, 0.25) is 0 Å². The number of piperidine rings is 1. The number of hydrogen-bond acceptors (Lipinski definition) is 3. The average Bonchev–Trinajstić information content (AvgIpc) is 3.27. The molecule has 122 valence electrons. The van der Waals surface area contributed by atoms with Gasteiger partial charge in [-0.2, -0.15) is 17.0 Å². The van der Waals surface area contributed by atoms with E-state index in [0.717, 1.165) is 32.2 Å². The maximum atomic E-state index is 12.8. The minimum Gasteiger partial charge on any atom is -0.314 e. The molecule has 0 aromatic carbocycles. The molecule has 1 aliphatic carbocycles. The van der Waals surface area contributed by atoms with E-state index in [1.807, 2.05) is 0 Å². The molecule has 0 spiro atoms. The predicted molar refractivity (Wildman–Crippen MR) is 86.3 cm³/mol. The Bertz CT molecular complexity index is 446. The maximum Gasteiger partial charge on any atom is 0.282 e. The van der Waals surface area contributed by atoms with E-state index in [2.05, 4.69) is 25.7 Å². The molecular weight excluding hydrogens is 286 g/mol. The number of nitrogens with zero attached hydrogens (tertiary/aromatic N) is 2. The molecular formula is C15H29N3O2S. The van der Waals surface area contributed by atoms with Gasteiger partial charge in [-0.15, -0.1) is 6.58 Å². The van der Waals surface area contributed by atoms with E-state index in [9.17, 15) is 8.42 Å². The predicted octanol–water partition coefficient (Wildman–Crippen LogP) is 1.59. The topological polar surface area (TPSA) is 52.7 Å². The fourth-order valence-corrected chi connectivity index (χ4v) is 4.81. The second-order valence-corrected chi connectivity index (χ2v) is 8.41. The first kappa shape index (κ1) is 16.9. The van der Waals surface area contributed by atoms with E-state index < -0.39 is 10.2 Å². The van der Waals surface area contributed by atoms with Gasteiger partial charge in [0.25, 0.3) is 10.2 Å². The lowest BCUT2D eigenvalue weighted by molar-refractivity contribution is 0.240. The zero-order valence-electron chi connectivity index (χ0n) is 13.3. The molecule has 6 heteroatoms. The lowest BCUT2D eigenvalue weighted by Gasteiger charge is -2.35. The summed E-state index contributed by atoms with van der Waals surface area (Å²) in [6, 6.07) is 0.642. The van der Waals surface area contributed by atoms with Crippen LogP contribution in [0.4, 0.5) is 0 Å². The van der Waals surface area contributed by atoms with Gasteiger partial charge < -0.3 is 5.32 Å². The smallest absolute Gasteiger partial charge is 0.282 e. The van der Waals surface area contributed by atoms with Crippen LogP contribution in [-0.4, -0.2) is 55.3 Å². The van der Waals surface area contributed by atoms with Crippen LogP contribution in [0.3, 0.4) is 0 Å². The molecule has 2 aliphatic rings. The Labute approximate surface area is 129 Å². The first-order chi connectivity index (χ1) is 9.95. The van der Waals surface area contributed by atoms with E-state index in [1.54, 1.807) is 14.7 Å². The largest absolute Gasteiger partial charge is 0.314 e. The fraction of sp³-hybridized carbons (Fsp3) is 0.867. The van der Waals surface area contributed by atoms with Gasteiger partial charge in [0.1, 0.15) is 0 Å². The summed E-state index contributed by atoms with van der Waals surface area (Å²) < 4.78 is 29.0. The third-order valence-electron chi connectivity index (χ3n) is 4.18. The molecule has 0 aromatic heterocycles. The highest BCUT2D eigenvalue weighted by Crippen LogP contribution is 2.31. The van der Waals surface area contributed by atoms with Gasteiger partial charge in [0, 0.05) is 31.7 Å².